The third-order valence-electron chi connectivity index (χ3n) is 2.79. The van der Waals surface area contributed by atoms with Crippen LogP contribution in [-0.4, -0.2) is 21.7 Å². The number of hydrogen-bond acceptors (Lipinski definition) is 3. The first-order valence-electron chi connectivity index (χ1n) is 5.95. The van der Waals surface area contributed by atoms with E-state index in [1.165, 1.54) is 16.8 Å². The standard InChI is InChI=1S/C13H18N4/c1-11-13(10-16-17-11)5-3-7-15-9-12-4-2-6-14-8-12/h2,4,6,8,10,15H,3,5,7,9H2,1H3,(H,16,17). The number of nitrogens with one attached hydrogen (secondary N) is 2. The van der Waals surface area contributed by atoms with Crippen molar-refractivity contribution in [3.63, 3.8) is 0 Å². The number of aryl methyl sites for hydroxylation is 2. The first kappa shape index (κ1) is 11.8. The molecule has 0 spiro atoms. The summed E-state index contributed by atoms with van der Waals surface area (Å²) in [5.41, 5.74) is 3.72. The van der Waals surface area contributed by atoms with Crippen LogP contribution >= 0.6 is 0 Å². The van der Waals surface area contributed by atoms with Crippen LogP contribution in [0.4, 0.5) is 0 Å². The van der Waals surface area contributed by atoms with E-state index in [0.717, 1.165) is 25.9 Å². The molecule has 2 aromatic heterocycles. The molecule has 0 radical (unpaired) electrons. The number of rotatable bonds is 6. The molecule has 4 heteroatoms. The van der Waals surface area contributed by atoms with Gasteiger partial charge in [0, 0.05) is 24.6 Å². The third-order valence-corrected chi connectivity index (χ3v) is 2.79. The molecule has 0 saturated heterocycles. The first-order valence-corrected chi connectivity index (χ1v) is 5.95. The van der Waals surface area contributed by atoms with Gasteiger partial charge in [-0.15, -0.1) is 0 Å². The van der Waals surface area contributed by atoms with Gasteiger partial charge in [-0.05, 0) is 43.5 Å². The summed E-state index contributed by atoms with van der Waals surface area (Å²) in [6.45, 7) is 3.96. The summed E-state index contributed by atoms with van der Waals surface area (Å²) in [5.74, 6) is 0. The van der Waals surface area contributed by atoms with Crippen molar-refractivity contribution in [1.82, 2.24) is 20.5 Å². The molecule has 2 rings (SSSR count). The van der Waals surface area contributed by atoms with Gasteiger partial charge in [-0.1, -0.05) is 6.07 Å². The van der Waals surface area contributed by atoms with Gasteiger partial charge in [0.15, 0.2) is 0 Å². The average molecular weight is 230 g/mol. The molecule has 0 aromatic carbocycles. The topological polar surface area (TPSA) is 53.6 Å². The van der Waals surface area contributed by atoms with E-state index >= 15 is 0 Å². The van der Waals surface area contributed by atoms with Crippen LogP contribution in [0.15, 0.2) is 30.7 Å². The highest BCUT2D eigenvalue weighted by Crippen LogP contribution is 2.05. The number of H-pyrrole nitrogens is 1. The van der Waals surface area contributed by atoms with E-state index in [2.05, 4.69) is 33.5 Å². The Labute approximate surface area is 101 Å². The van der Waals surface area contributed by atoms with Crippen molar-refractivity contribution >= 4 is 0 Å². The van der Waals surface area contributed by atoms with Crippen molar-refractivity contribution in [3.8, 4) is 0 Å². The molecule has 90 valence electrons. The lowest BCUT2D eigenvalue weighted by molar-refractivity contribution is 0.647. The van der Waals surface area contributed by atoms with Crippen LogP contribution < -0.4 is 5.32 Å². The van der Waals surface area contributed by atoms with Crippen LogP contribution in [0.3, 0.4) is 0 Å². The van der Waals surface area contributed by atoms with Gasteiger partial charge in [0.1, 0.15) is 0 Å². The van der Waals surface area contributed by atoms with Crippen molar-refractivity contribution in [3.05, 3.63) is 47.5 Å². The summed E-state index contributed by atoms with van der Waals surface area (Å²) in [6.07, 6.45) is 7.80. The number of aromatic nitrogens is 3. The number of nitrogens with zero attached hydrogens (tertiary/aromatic N) is 2. The van der Waals surface area contributed by atoms with E-state index < -0.39 is 0 Å². The zero-order valence-electron chi connectivity index (χ0n) is 10.1. The van der Waals surface area contributed by atoms with Crippen LogP contribution in [0.5, 0.6) is 0 Å². The maximum absolute atomic E-state index is 4.08. The van der Waals surface area contributed by atoms with E-state index in [-0.39, 0.29) is 0 Å². The Bertz CT molecular complexity index is 436. The molecule has 2 N–H and O–H groups in total. The van der Waals surface area contributed by atoms with E-state index in [9.17, 15) is 0 Å². The van der Waals surface area contributed by atoms with Crippen LogP contribution in [-0.2, 0) is 13.0 Å². The fourth-order valence-electron chi connectivity index (χ4n) is 1.77. The fraction of sp³-hybridized carbons (Fsp3) is 0.385. The lowest BCUT2D eigenvalue weighted by Crippen LogP contribution is -2.15. The number of hydrogen-bond donors (Lipinski definition) is 2. The second-order valence-corrected chi connectivity index (χ2v) is 4.16. The zero-order chi connectivity index (χ0) is 11.9. The Hall–Kier alpha value is -1.68. The summed E-state index contributed by atoms with van der Waals surface area (Å²) >= 11 is 0. The molecule has 0 aliphatic rings. The van der Waals surface area contributed by atoms with Gasteiger partial charge in [0.25, 0.3) is 0 Å². The summed E-state index contributed by atoms with van der Waals surface area (Å²) in [5, 5.41) is 10.4. The van der Waals surface area contributed by atoms with Crippen molar-refractivity contribution in [1.29, 1.82) is 0 Å². The maximum Gasteiger partial charge on any atom is 0.0522 e. The monoisotopic (exact) mass is 230 g/mol. The highest BCUT2D eigenvalue weighted by molar-refractivity contribution is 5.14. The van der Waals surface area contributed by atoms with Gasteiger partial charge in [-0.3, -0.25) is 10.1 Å². The van der Waals surface area contributed by atoms with Gasteiger partial charge in [0.05, 0.1) is 6.20 Å². The van der Waals surface area contributed by atoms with E-state index in [0.29, 0.717) is 0 Å². The Kier molecular flexibility index (Phi) is 4.27. The molecule has 2 heterocycles. The summed E-state index contributed by atoms with van der Waals surface area (Å²) in [4.78, 5) is 4.08. The molecule has 2 aromatic rings. The zero-order valence-corrected chi connectivity index (χ0v) is 10.1. The lowest BCUT2D eigenvalue weighted by Gasteiger charge is -2.04. The van der Waals surface area contributed by atoms with Crippen LogP contribution in [0.25, 0.3) is 0 Å². The first-order chi connectivity index (χ1) is 8.36. The Balaban J connectivity index is 1.63. The fourth-order valence-corrected chi connectivity index (χ4v) is 1.77. The molecule has 0 aliphatic carbocycles. The van der Waals surface area contributed by atoms with Crippen LogP contribution in [0, 0.1) is 6.92 Å². The average Bonchev–Trinajstić information content (AvgIpc) is 2.76. The predicted octanol–water partition coefficient (Wildman–Crippen LogP) is 1.84. The third kappa shape index (κ3) is 3.67. The summed E-state index contributed by atoms with van der Waals surface area (Å²) in [6, 6.07) is 4.05. The summed E-state index contributed by atoms with van der Waals surface area (Å²) < 4.78 is 0. The minimum Gasteiger partial charge on any atom is -0.313 e. The molecule has 0 aliphatic heterocycles. The van der Waals surface area contributed by atoms with Crippen LogP contribution in [0.2, 0.25) is 0 Å². The maximum atomic E-state index is 4.08. The van der Waals surface area contributed by atoms with Crippen molar-refractivity contribution in [2.24, 2.45) is 0 Å². The minimum absolute atomic E-state index is 0.887. The lowest BCUT2D eigenvalue weighted by atomic mass is 10.1. The molecule has 0 unspecified atom stereocenters. The minimum atomic E-state index is 0.887. The Morgan fingerprint density at radius 2 is 2.29 bits per heavy atom. The van der Waals surface area contributed by atoms with Gasteiger partial charge < -0.3 is 5.32 Å². The molecular formula is C13H18N4. The predicted molar refractivity (Wildman–Crippen MR) is 67.6 cm³/mol. The number of aromatic amines is 1. The molecule has 0 atom stereocenters. The van der Waals surface area contributed by atoms with Crippen molar-refractivity contribution in [2.75, 3.05) is 6.54 Å². The highest BCUT2D eigenvalue weighted by atomic mass is 15.1. The van der Waals surface area contributed by atoms with E-state index in [1.807, 2.05) is 18.5 Å². The molecular weight excluding hydrogens is 212 g/mol. The molecule has 0 bridgehead atoms. The van der Waals surface area contributed by atoms with Gasteiger partial charge in [-0.2, -0.15) is 5.10 Å². The Morgan fingerprint density at radius 3 is 3.00 bits per heavy atom. The second-order valence-electron chi connectivity index (χ2n) is 4.16. The molecule has 0 saturated carbocycles. The molecule has 0 amide bonds. The SMILES string of the molecule is Cc1[nH]ncc1CCCNCc1cccnc1. The largest absolute Gasteiger partial charge is 0.313 e. The molecule has 17 heavy (non-hydrogen) atoms. The normalized spacial score (nSPS) is 10.6. The van der Waals surface area contributed by atoms with E-state index in [1.54, 1.807) is 6.20 Å². The molecule has 0 fully saturated rings. The van der Waals surface area contributed by atoms with Gasteiger partial charge in [0.2, 0.25) is 0 Å². The number of pyridine rings is 1. The van der Waals surface area contributed by atoms with Gasteiger partial charge in [-0.25, -0.2) is 0 Å². The van der Waals surface area contributed by atoms with Crippen LogP contribution in [0.1, 0.15) is 23.2 Å². The van der Waals surface area contributed by atoms with Gasteiger partial charge >= 0.3 is 0 Å². The molecule has 4 nitrogen and oxygen atoms in total. The van der Waals surface area contributed by atoms with Crippen molar-refractivity contribution < 1.29 is 0 Å². The highest BCUT2D eigenvalue weighted by Gasteiger charge is 1.99. The smallest absolute Gasteiger partial charge is 0.0522 e. The Morgan fingerprint density at radius 1 is 1.35 bits per heavy atom. The second kappa shape index (κ2) is 6.15. The summed E-state index contributed by atoms with van der Waals surface area (Å²) in [7, 11) is 0. The van der Waals surface area contributed by atoms with Crippen molar-refractivity contribution in [2.45, 2.75) is 26.3 Å². The quantitative estimate of drug-likeness (QED) is 0.744. The van der Waals surface area contributed by atoms with E-state index in [4.69, 9.17) is 0 Å².